The maximum absolute atomic E-state index is 6.04. The zero-order chi connectivity index (χ0) is 12.4. The van der Waals surface area contributed by atoms with E-state index in [2.05, 4.69) is 33.9 Å². The third-order valence-corrected chi connectivity index (χ3v) is 3.11. The average molecular weight is 255 g/mol. The summed E-state index contributed by atoms with van der Waals surface area (Å²) < 4.78 is 0. The lowest BCUT2D eigenvalue weighted by molar-refractivity contribution is 0.416. The smallest absolute Gasteiger partial charge is 0.135 e. The Morgan fingerprint density at radius 2 is 1.94 bits per heavy atom. The van der Waals surface area contributed by atoms with Gasteiger partial charge in [0.05, 0.1) is 0 Å². The molecule has 0 spiro atoms. The lowest BCUT2D eigenvalue weighted by Crippen LogP contribution is -2.29. The van der Waals surface area contributed by atoms with Crippen molar-refractivity contribution < 1.29 is 0 Å². The summed E-state index contributed by atoms with van der Waals surface area (Å²) in [7, 11) is 6.17. The second-order valence-corrected chi connectivity index (χ2v) is 5.29. The first-order valence-corrected chi connectivity index (χ1v) is 6.34. The fourth-order valence-corrected chi connectivity index (χ4v) is 1.79. The van der Waals surface area contributed by atoms with Crippen LogP contribution in [0.3, 0.4) is 0 Å². The van der Waals surface area contributed by atoms with E-state index in [1.165, 1.54) is 12.8 Å². The van der Waals surface area contributed by atoms with Gasteiger partial charge in [-0.15, -0.1) is 0 Å². The number of rotatable bonds is 5. The van der Waals surface area contributed by atoms with Crippen molar-refractivity contribution in [2.75, 3.05) is 39.1 Å². The molecule has 1 fully saturated rings. The number of halogens is 1. The Kier molecular flexibility index (Phi) is 3.84. The van der Waals surface area contributed by atoms with Gasteiger partial charge >= 0.3 is 0 Å². The molecule has 0 amide bonds. The SMILES string of the molecule is CN(C)CCN(C)c1cc(Cl)nc(C2CC2)n1. The van der Waals surface area contributed by atoms with E-state index in [-0.39, 0.29) is 0 Å². The van der Waals surface area contributed by atoms with Crippen molar-refractivity contribution in [2.45, 2.75) is 18.8 Å². The molecular formula is C12H19ClN4. The molecule has 1 aromatic heterocycles. The summed E-state index contributed by atoms with van der Waals surface area (Å²) in [5.74, 6) is 2.37. The molecule has 0 N–H and O–H groups in total. The highest BCUT2D eigenvalue weighted by Crippen LogP contribution is 2.38. The largest absolute Gasteiger partial charge is 0.358 e. The molecule has 0 radical (unpaired) electrons. The quantitative estimate of drug-likeness (QED) is 0.753. The molecule has 1 heterocycles. The van der Waals surface area contributed by atoms with Crippen molar-refractivity contribution in [3.8, 4) is 0 Å². The van der Waals surface area contributed by atoms with Crippen LogP contribution < -0.4 is 4.90 Å². The fraction of sp³-hybridized carbons (Fsp3) is 0.667. The van der Waals surface area contributed by atoms with E-state index >= 15 is 0 Å². The highest BCUT2D eigenvalue weighted by molar-refractivity contribution is 6.29. The Balaban J connectivity index is 2.08. The van der Waals surface area contributed by atoms with Crippen molar-refractivity contribution in [3.63, 3.8) is 0 Å². The highest BCUT2D eigenvalue weighted by atomic mass is 35.5. The van der Waals surface area contributed by atoms with Crippen LogP contribution in [-0.4, -0.2) is 49.1 Å². The Morgan fingerprint density at radius 3 is 2.53 bits per heavy atom. The summed E-state index contributed by atoms with van der Waals surface area (Å²) in [4.78, 5) is 13.2. The molecule has 0 aromatic carbocycles. The molecule has 0 aliphatic heterocycles. The zero-order valence-corrected chi connectivity index (χ0v) is 11.4. The number of likely N-dealkylation sites (N-methyl/N-ethyl adjacent to an activating group) is 2. The summed E-state index contributed by atoms with van der Waals surface area (Å²) >= 11 is 6.04. The average Bonchev–Trinajstić information content (AvgIpc) is 3.08. The van der Waals surface area contributed by atoms with Gasteiger partial charge < -0.3 is 9.80 Å². The third-order valence-electron chi connectivity index (χ3n) is 2.91. The number of anilines is 1. The number of nitrogens with zero attached hydrogens (tertiary/aromatic N) is 4. The molecule has 1 saturated carbocycles. The van der Waals surface area contributed by atoms with Crippen LogP contribution in [-0.2, 0) is 0 Å². The van der Waals surface area contributed by atoms with Crippen LogP contribution in [0.4, 0.5) is 5.82 Å². The molecule has 17 heavy (non-hydrogen) atoms. The van der Waals surface area contributed by atoms with Crippen LogP contribution in [0.15, 0.2) is 6.07 Å². The molecule has 0 atom stereocenters. The van der Waals surface area contributed by atoms with E-state index in [9.17, 15) is 0 Å². The van der Waals surface area contributed by atoms with Crippen LogP contribution in [0.5, 0.6) is 0 Å². The topological polar surface area (TPSA) is 32.3 Å². The number of hydrogen-bond acceptors (Lipinski definition) is 4. The molecule has 1 aromatic rings. The Hall–Kier alpha value is -0.870. The lowest BCUT2D eigenvalue weighted by Gasteiger charge is -2.21. The first-order valence-electron chi connectivity index (χ1n) is 5.96. The van der Waals surface area contributed by atoms with Gasteiger partial charge in [-0.2, -0.15) is 0 Å². The lowest BCUT2D eigenvalue weighted by atomic mass is 10.4. The van der Waals surface area contributed by atoms with Crippen LogP contribution >= 0.6 is 11.6 Å². The van der Waals surface area contributed by atoms with Gasteiger partial charge in [0.25, 0.3) is 0 Å². The molecular weight excluding hydrogens is 236 g/mol. The van der Waals surface area contributed by atoms with Gasteiger partial charge in [0.2, 0.25) is 0 Å². The fourth-order valence-electron chi connectivity index (χ4n) is 1.61. The van der Waals surface area contributed by atoms with Crippen molar-refractivity contribution in [2.24, 2.45) is 0 Å². The van der Waals surface area contributed by atoms with Crippen LogP contribution in [0.1, 0.15) is 24.6 Å². The zero-order valence-electron chi connectivity index (χ0n) is 10.6. The van der Waals surface area contributed by atoms with E-state index in [1.54, 1.807) is 0 Å². The minimum Gasteiger partial charge on any atom is -0.358 e. The molecule has 1 aliphatic rings. The maximum Gasteiger partial charge on any atom is 0.135 e. The molecule has 0 unspecified atom stereocenters. The van der Waals surface area contributed by atoms with E-state index in [0.717, 1.165) is 24.7 Å². The van der Waals surface area contributed by atoms with E-state index in [0.29, 0.717) is 11.1 Å². The predicted octanol–water partition coefficient (Wildman–Crippen LogP) is 2.01. The monoisotopic (exact) mass is 254 g/mol. The molecule has 0 saturated heterocycles. The normalized spacial score (nSPS) is 15.4. The predicted molar refractivity (Wildman–Crippen MR) is 70.8 cm³/mol. The second kappa shape index (κ2) is 5.19. The molecule has 5 heteroatoms. The van der Waals surface area contributed by atoms with Gasteiger partial charge in [-0.1, -0.05) is 11.6 Å². The van der Waals surface area contributed by atoms with Crippen LogP contribution in [0.25, 0.3) is 0 Å². The minimum atomic E-state index is 0.537. The van der Waals surface area contributed by atoms with Gasteiger partial charge in [-0.25, -0.2) is 9.97 Å². The highest BCUT2D eigenvalue weighted by Gasteiger charge is 2.27. The standard InChI is InChI=1S/C12H19ClN4/c1-16(2)6-7-17(3)11-8-10(13)14-12(15-11)9-4-5-9/h8-9H,4-7H2,1-3H3. The van der Waals surface area contributed by atoms with Crippen molar-refractivity contribution in [1.29, 1.82) is 0 Å². The summed E-state index contributed by atoms with van der Waals surface area (Å²) in [6.07, 6.45) is 2.39. The van der Waals surface area contributed by atoms with Crippen LogP contribution in [0, 0.1) is 0 Å². The van der Waals surface area contributed by atoms with E-state index < -0.39 is 0 Å². The van der Waals surface area contributed by atoms with Gasteiger partial charge in [0.15, 0.2) is 0 Å². The van der Waals surface area contributed by atoms with E-state index in [4.69, 9.17) is 11.6 Å². The molecule has 0 bridgehead atoms. The number of hydrogen-bond donors (Lipinski definition) is 0. The van der Waals surface area contributed by atoms with Crippen molar-refractivity contribution >= 4 is 17.4 Å². The Labute approximate surface area is 108 Å². The van der Waals surface area contributed by atoms with Crippen molar-refractivity contribution in [1.82, 2.24) is 14.9 Å². The summed E-state index contributed by atoms with van der Waals surface area (Å²) in [5, 5.41) is 0.550. The molecule has 4 nitrogen and oxygen atoms in total. The van der Waals surface area contributed by atoms with Gasteiger partial charge in [-0.3, -0.25) is 0 Å². The van der Waals surface area contributed by atoms with Gasteiger partial charge in [0.1, 0.15) is 16.8 Å². The van der Waals surface area contributed by atoms with Crippen molar-refractivity contribution in [3.05, 3.63) is 17.0 Å². The first kappa shape index (κ1) is 12.6. The second-order valence-electron chi connectivity index (χ2n) is 4.91. The summed E-state index contributed by atoms with van der Waals surface area (Å²) in [6.45, 7) is 1.93. The van der Waals surface area contributed by atoms with E-state index in [1.807, 2.05) is 13.1 Å². The molecule has 1 aliphatic carbocycles. The first-order chi connectivity index (χ1) is 8.06. The third kappa shape index (κ3) is 3.54. The number of aromatic nitrogens is 2. The summed E-state index contributed by atoms with van der Waals surface area (Å²) in [5.41, 5.74) is 0. The Bertz CT molecular complexity index is 390. The molecule has 2 rings (SSSR count). The van der Waals surface area contributed by atoms with Crippen LogP contribution in [0.2, 0.25) is 5.15 Å². The molecule has 94 valence electrons. The maximum atomic E-state index is 6.04. The minimum absolute atomic E-state index is 0.537. The van der Waals surface area contributed by atoms with Gasteiger partial charge in [0, 0.05) is 32.1 Å². The van der Waals surface area contributed by atoms with Gasteiger partial charge in [-0.05, 0) is 26.9 Å². The Morgan fingerprint density at radius 1 is 1.24 bits per heavy atom. The summed E-state index contributed by atoms with van der Waals surface area (Å²) in [6, 6.07) is 1.84.